The molecule has 1 fully saturated rings. The second-order valence-electron chi connectivity index (χ2n) is 6.31. The van der Waals surface area contributed by atoms with Crippen LogP contribution < -0.4 is 16.1 Å². The van der Waals surface area contributed by atoms with Gasteiger partial charge in [0.05, 0.1) is 22.9 Å². The first-order chi connectivity index (χ1) is 12.1. The lowest BCUT2D eigenvalue weighted by Crippen LogP contribution is -2.38. The largest absolute Gasteiger partial charge is 0.369 e. The molecule has 1 saturated heterocycles. The van der Waals surface area contributed by atoms with Gasteiger partial charge in [0.15, 0.2) is 0 Å². The molecule has 0 aliphatic carbocycles. The lowest BCUT2D eigenvalue weighted by atomic mass is 10.0. The molecule has 0 saturated carbocycles. The first-order valence-corrected chi connectivity index (χ1v) is 9.01. The van der Waals surface area contributed by atoms with Crippen LogP contribution in [0.4, 0.5) is 5.69 Å². The first-order valence-electron chi connectivity index (χ1n) is 8.22. The van der Waals surface area contributed by atoms with Crippen LogP contribution in [0.25, 0.3) is 11.0 Å². The van der Waals surface area contributed by atoms with Gasteiger partial charge < -0.3 is 9.88 Å². The first kappa shape index (κ1) is 16.1. The number of aryl methyl sites for hydroxylation is 1. The summed E-state index contributed by atoms with van der Waals surface area (Å²) in [6.07, 6.45) is 3.39. The van der Waals surface area contributed by atoms with Gasteiger partial charge in [0.25, 0.3) is 5.56 Å². The standard InChI is InChI=1S/C17H18BrN5O2/c1-21-16(24)15(18)14(10-19-21)22-8-6-11(7-9-22)23-13-5-3-2-4-12(13)20-17(23)25/h2-5,10-11H,6-9H2,1H3,(H,20,25). The zero-order valence-electron chi connectivity index (χ0n) is 13.8. The molecule has 4 rings (SSSR count). The van der Waals surface area contributed by atoms with E-state index in [0.29, 0.717) is 4.47 Å². The van der Waals surface area contributed by atoms with Crippen LogP contribution in [-0.2, 0) is 7.05 Å². The number of nitrogens with zero attached hydrogens (tertiary/aromatic N) is 4. The summed E-state index contributed by atoms with van der Waals surface area (Å²) in [6, 6.07) is 7.92. The topological polar surface area (TPSA) is 75.9 Å². The van der Waals surface area contributed by atoms with Gasteiger partial charge in [0.2, 0.25) is 0 Å². The Morgan fingerprint density at radius 1 is 1.20 bits per heavy atom. The van der Waals surface area contributed by atoms with Crippen LogP contribution >= 0.6 is 15.9 Å². The second-order valence-corrected chi connectivity index (χ2v) is 7.10. The van der Waals surface area contributed by atoms with Crippen molar-refractivity contribution < 1.29 is 0 Å². The summed E-state index contributed by atoms with van der Waals surface area (Å²) in [5.41, 5.74) is 2.42. The van der Waals surface area contributed by atoms with Crippen LogP contribution in [0.15, 0.2) is 44.5 Å². The van der Waals surface area contributed by atoms with E-state index in [-0.39, 0.29) is 17.3 Å². The van der Waals surface area contributed by atoms with E-state index in [1.165, 1.54) is 4.68 Å². The molecule has 8 heteroatoms. The monoisotopic (exact) mass is 403 g/mol. The maximum atomic E-state index is 12.4. The van der Waals surface area contributed by atoms with Crippen LogP contribution in [0.1, 0.15) is 18.9 Å². The molecule has 0 spiro atoms. The number of benzene rings is 1. The van der Waals surface area contributed by atoms with Crippen LogP contribution in [0.5, 0.6) is 0 Å². The molecule has 7 nitrogen and oxygen atoms in total. The molecule has 1 aromatic carbocycles. The van der Waals surface area contributed by atoms with Crippen molar-refractivity contribution in [3.63, 3.8) is 0 Å². The highest BCUT2D eigenvalue weighted by Gasteiger charge is 2.25. The number of H-pyrrole nitrogens is 1. The number of para-hydroxylation sites is 2. The van der Waals surface area contributed by atoms with Crippen molar-refractivity contribution in [2.75, 3.05) is 18.0 Å². The number of halogens is 1. The van der Waals surface area contributed by atoms with Gasteiger partial charge in [-0.05, 0) is 40.9 Å². The lowest BCUT2D eigenvalue weighted by molar-refractivity contribution is 0.396. The molecular formula is C17H18BrN5O2. The van der Waals surface area contributed by atoms with E-state index in [1.54, 1.807) is 13.2 Å². The van der Waals surface area contributed by atoms with Crippen molar-refractivity contribution in [1.29, 1.82) is 0 Å². The van der Waals surface area contributed by atoms with Crippen molar-refractivity contribution in [1.82, 2.24) is 19.3 Å². The van der Waals surface area contributed by atoms with Crippen molar-refractivity contribution in [3.8, 4) is 0 Å². The number of imidazole rings is 1. The SMILES string of the molecule is Cn1ncc(N2CCC(n3c(=O)[nH]c4ccccc43)CC2)c(Br)c1=O. The highest BCUT2D eigenvalue weighted by Crippen LogP contribution is 2.30. The molecule has 1 aliphatic heterocycles. The Balaban J connectivity index is 1.60. The summed E-state index contributed by atoms with van der Waals surface area (Å²) in [5, 5.41) is 4.11. The molecule has 0 unspecified atom stereocenters. The highest BCUT2D eigenvalue weighted by atomic mass is 79.9. The third-order valence-corrected chi connectivity index (χ3v) is 5.60. The average Bonchev–Trinajstić information content (AvgIpc) is 2.96. The molecular weight excluding hydrogens is 386 g/mol. The second kappa shape index (κ2) is 6.18. The van der Waals surface area contributed by atoms with E-state index < -0.39 is 0 Å². The third kappa shape index (κ3) is 2.70. The Kier molecular flexibility index (Phi) is 3.99. The summed E-state index contributed by atoms with van der Waals surface area (Å²) in [4.78, 5) is 29.5. The normalized spacial score (nSPS) is 15.8. The Morgan fingerprint density at radius 3 is 2.68 bits per heavy atom. The number of nitrogens with one attached hydrogen (secondary N) is 1. The molecule has 3 aromatic rings. The van der Waals surface area contributed by atoms with Crippen LogP contribution in [-0.4, -0.2) is 32.4 Å². The average molecular weight is 404 g/mol. The third-order valence-electron chi connectivity index (χ3n) is 4.85. The highest BCUT2D eigenvalue weighted by molar-refractivity contribution is 9.10. The Hall–Kier alpha value is -2.35. The summed E-state index contributed by atoms with van der Waals surface area (Å²) < 4.78 is 3.71. The predicted molar refractivity (Wildman–Crippen MR) is 100 cm³/mol. The maximum Gasteiger partial charge on any atom is 0.326 e. The lowest BCUT2D eigenvalue weighted by Gasteiger charge is -2.34. The molecule has 0 radical (unpaired) electrons. The van der Waals surface area contributed by atoms with Gasteiger partial charge >= 0.3 is 5.69 Å². The quantitative estimate of drug-likeness (QED) is 0.709. The Labute approximate surface area is 152 Å². The van der Waals surface area contributed by atoms with E-state index in [1.807, 2.05) is 28.8 Å². The van der Waals surface area contributed by atoms with Gasteiger partial charge in [-0.2, -0.15) is 5.10 Å². The number of rotatable bonds is 2. The summed E-state index contributed by atoms with van der Waals surface area (Å²) >= 11 is 3.39. The van der Waals surface area contributed by atoms with Crippen molar-refractivity contribution in [2.45, 2.75) is 18.9 Å². The fraction of sp³-hybridized carbons (Fsp3) is 0.353. The van der Waals surface area contributed by atoms with Gasteiger partial charge in [-0.15, -0.1) is 0 Å². The van der Waals surface area contributed by atoms with Crippen molar-refractivity contribution in [2.24, 2.45) is 7.05 Å². The van der Waals surface area contributed by atoms with Gasteiger partial charge in [0.1, 0.15) is 4.47 Å². The molecule has 0 amide bonds. The van der Waals surface area contributed by atoms with Crippen molar-refractivity contribution in [3.05, 3.63) is 55.8 Å². The molecule has 130 valence electrons. The zero-order valence-corrected chi connectivity index (χ0v) is 15.4. The van der Waals surface area contributed by atoms with Gasteiger partial charge in [-0.3, -0.25) is 9.36 Å². The minimum atomic E-state index is -0.146. The van der Waals surface area contributed by atoms with E-state index in [4.69, 9.17) is 0 Å². The fourth-order valence-corrected chi connectivity index (χ4v) is 4.13. The van der Waals surface area contributed by atoms with Gasteiger partial charge in [-0.25, -0.2) is 9.48 Å². The van der Waals surface area contributed by atoms with E-state index >= 15 is 0 Å². The van der Waals surface area contributed by atoms with Crippen LogP contribution in [0.2, 0.25) is 0 Å². The Morgan fingerprint density at radius 2 is 1.92 bits per heavy atom. The van der Waals surface area contributed by atoms with Gasteiger partial charge in [0, 0.05) is 26.2 Å². The minimum Gasteiger partial charge on any atom is -0.369 e. The molecule has 0 bridgehead atoms. The number of aromatic nitrogens is 4. The number of anilines is 1. The summed E-state index contributed by atoms with van der Waals surface area (Å²) in [6.45, 7) is 1.54. The fourth-order valence-electron chi connectivity index (χ4n) is 3.52. The Bertz CT molecular complexity index is 1040. The number of piperidine rings is 1. The predicted octanol–water partition coefficient (Wildman–Crippen LogP) is 2.03. The molecule has 1 N–H and O–H groups in total. The molecule has 3 heterocycles. The number of hydrogen-bond donors (Lipinski definition) is 1. The van der Waals surface area contributed by atoms with Crippen molar-refractivity contribution >= 4 is 32.7 Å². The molecule has 1 aliphatic rings. The molecule has 2 aromatic heterocycles. The smallest absolute Gasteiger partial charge is 0.326 e. The van der Waals surface area contributed by atoms with Crippen LogP contribution in [0, 0.1) is 0 Å². The van der Waals surface area contributed by atoms with E-state index in [0.717, 1.165) is 42.7 Å². The van der Waals surface area contributed by atoms with Gasteiger partial charge in [-0.1, -0.05) is 12.1 Å². The summed E-state index contributed by atoms with van der Waals surface area (Å²) in [7, 11) is 1.63. The minimum absolute atomic E-state index is 0.0592. The number of fused-ring (bicyclic) bond motifs is 1. The molecule has 0 atom stereocenters. The zero-order chi connectivity index (χ0) is 17.6. The number of aromatic amines is 1. The molecule has 25 heavy (non-hydrogen) atoms. The number of hydrogen-bond acceptors (Lipinski definition) is 4. The summed E-state index contributed by atoms with van der Waals surface area (Å²) in [5.74, 6) is 0. The van der Waals surface area contributed by atoms with E-state index in [9.17, 15) is 9.59 Å². The van der Waals surface area contributed by atoms with E-state index in [2.05, 4.69) is 30.9 Å². The van der Waals surface area contributed by atoms with Crippen LogP contribution in [0.3, 0.4) is 0 Å². The maximum absolute atomic E-state index is 12.4.